The third-order valence-corrected chi connectivity index (χ3v) is 5.33. The molecule has 2 N–H and O–H groups in total. The van der Waals surface area contributed by atoms with Crippen molar-refractivity contribution in [3.8, 4) is 18.2 Å². The Morgan fingerprint density at radius 1 is 1.20 bits per heavy atom. The van der Waals surface area contributed by atoms with Gasteiger partial charge in [0.25, 0.3) is 0 Å². The minimum Gasteiger partial charge on any atom is -0.399 e. The summed E-state index contributed by atoms with van der Waals surface area (Å²) in [7, 11) is 1.97. The summed E-state index contributed by atoms with van der Waals surface area (Å²) < 4.78 is 0. The number of benzene rings is 1. The summed E-state index contributed by atoms with van der Waals surface area (Å²) in [5.74, 6) is -0.632. The molecule has 124 valence electrons. The second kappa shape index (κ2) is 6.26. The molecule has 0 saturated heterocycles. The Balaban J connectivity index is 2.32. The van der Waals surface area contributed by atoms with Crippen LogP contribution in [-0.2, 0) is 0 Å². The topological polar surface area (TPSA) is 101 Å². The van der Waals surface area contributed by atoms with Gasteiger partial charge in [-0.05, 0) is 30.3 Å². The maximum Gasteiger partial charge on any atom is 0.191 e. The predicted molar refractivity (Wildman–Crippen MR) is 93.7 cm³/mol. The van der Waals surface area contributed by atoms with Crippen LogP contribution in [0.1, 0.15) is 11.5 Å². The molecule has 5 nitrogen and oxygen atoms in total. The molecule has 0 saturated carbocycles. The maximum absolute atomic E-state index is 9.91. The molecule has 3 rings (SSSR count). The molecule has 2 aliphatic rings. The van der Waals surface area contributed by atoms with Crippen LogP contribution in [0.4, 0.5) is 0 Å². The van der Waals surface area contributed by atoms with Gasteiger partial charge < -0.3 is 10.6 Å². The second-order valence-corrected chi connectivity index (χ2v) is 6.88. The van der Waals surface area contributed by atoms with E-state index < -0.39 is 11.3 Å². The lowest BCUT2D eigenvalue weighted by Crippen LogP contribution is -2.47. The fourth-order valence-electron chi connectivity index (χ4n) is 3.87. The molecule has 0 fully saturated rings. The smallest absolute Gasteiger partial charge is 0.191 e. The number of fused-ring (bicyclic) bond motifs is 1. The van der Waals surface area contributed by atoms with Crippen molar-refractivity contribution in [3.63, 3.8) is 0 Å². The quantitative estimate of drug-likeness (QED) is 0.840. The number of likely N-dealkylation sites (N-methyl/N-ethyl adjacent to an activating group) is 1. The van der Waals surface area contributed by atoms with Crippen LogP contribution >= 0.6 is 11.6 Å². The number of nitrogens with zero attached hydrogens (tertiary/aromatic N) is 4. The van der Waals surface area contributed by atoms with Crippen LogP contribution in [0, 0.1) is 45.3 Å². The molecule has 0 bridgehead atoms. The normalized spacial score (nSPS) is 25.2. The minimum absolute atomic E-state index is 0.0482. The summed E-state index contributed by atoms with van der Waals surface area (Å²) in [6, 6.07) is 13.5. The van der Waals surface area contributed by atoms with Gasteiger partial charge in [0.15, 0.2) is 5.41 Å². The third-order valence-electron chi connectivity index (χ3n) is 5.08. The Bertz CT molecular complexity index is 878. The van der Waals surface area contributed by atoms with Gasteiger partial charge in [0.1, 0.15) is 6.07 Å². The lowest BCUT2D eigenvalue weighted by Gasteiger charge is -2.45. The van der Waals surface area contributed by atoms with Gasteiger partial charge in [-0.1, -0.05) is 29.8 Å². The highest BCUT2D eigenvalue weighted by molar-refractivity contribution is 6.30. The monoisotopic (exact) mass is 349 g/mol. The second-order valence-electron chi connectivity index (χ2n) is 6.45. The zero-order valence-electron chi connectivity index (χ0n) is 13.7. The van der Waals surface area contributed by atoms with E-state index in [1.807, 2.05) is 25.3 Å². The summed E-state index contributed by atoms with van der Waals surface area (Å²) >= 11 is 6.00. The van der Waals surface area contributed by atoms with Crippen molar-refractivity contribution in [2.75, 3.05) is 20.1 Å². The van der Waals surface area contributed by atoms with E-state index in [-0.39, 0.29) is 17.2 Å². The van der Waals surface area contributed by atoms with E-state index in [2.05, 4.69) is 23.1 Å². The maximum atomic E-state index is 9.91. The third kappa shape index (κ3) is 2.48. The van der Waals surface area contributed by atoms with Crippen molar-refractivity contribution < 1.29 is 0 Å². The summed E-state index contributed by atoms with van der Waals surface area (Å²) in [5, 5.41) is 30.0. The van der Waals surface area contributed by atoms with E-state index in [0.717, 1.165) is 11.1 Å². The molecule has 0 spiro atoms. The van der Waals surface area contributed by atoms with Crippen LogP contribution in [0.2, 0.25) is 5.02 Å². The fourth-order valence-corrected chi connectivity index (χ4v) is 4.00. The van der Waals surface area contributed by atoms with Crippen LogP contribution in [0.5, 0.6) is 0 Å². The van der Waals surface area contributed by atoms with Crippen LogP contribution < -0.4 is 5.73 Å². The zero-order valence-corrected chi connectivity index (χ0v) is 14.5. The molecule has 0 radical (unpaired) electrons. The van der Waals surface area contributed by atoms with Crippen LogP contribution in [0.15, 0.2) is 47.2 Å². The number of rotatable bonds is 1. The van der Waals surface area contributed by atoms with Crippen LogP contribution in [-0.4, -0.2) is 25.0 Å². The first kappa shape index (κ1) is 17.1. The molecule has 2 atom stereocenters. The van der Waals surface area contributed by atoms with E-state index >= 15 is 0 Å². The lowest BCUT2D eigenvalue weighted by molar-refractivity contribution is 0.237. The number of nitrogens with two attached hydrogens (primary N) is 1. The highest BCUT2D eigenvalue weighted by Crippen LogP contribution is 2.54. The summed E-state index contributed by atoms with van der Waals surface area (Å²) in [4.78, 5) is 2.10. The zero-order chi connectivity index (χ0) is 18.2. The molecule has 1 aliphatic heterocycles. The largest absolute Gasteiger partial charge is 0.399 e. The van der Waals surface area contributed by atoms with Gasteiger partial charge in [-0.3, -0.25) is 0 Å². The highest BCUT2D eigenvalue weighted by Gasteiger charge is 2.54. The van der Waals surface area contributed by atoms with Gasteiger partial charge in [-0.15, -0.1) is 0 Å². The number of allylic oxidation sites excluding steroid dienone is 2. The molecule has 0 unspecified atom stereocenters. The first-order valence-electron chi connectivity index (χ1n) is 7.85. The van der Waals surface area contributed by atoms with Gasteiger partial charge in [0.05, 0.1) is 23.4 Å². The highest BCUT2D eigenvalue weighted by atomic mass is 35.5. The summed E-state index contributed by atoms with van der Waals surface area (Å²) in [6.45, 7) is 1.34. The van der Waals surface area contributed by atoms with Crippen molar-refractivity contribution in [3.05, 3.63) is 57.8 Å². The SMILES string of the molecule is CN1CC=C2C(C#N)=C(N)C(C#N)(C#N)[C@@H](c3ccc(Cl)cc3)[C@H]2C1. The van der Waals surface area contributed by atoms with Crippen molar-refractivity contribution >= 4 is 11.6 Å². The average molecular weight is 350 g/mol. The molecular formula is C19H16ClN5. The minimum atomic E-state index is -1.58. The van der Waals surface area contributed by atoms with Crippen molar-refractivity contribution in [1.29, 1.82) is 15.8 Å². The number of hydrogen-bond donors (Lipinski definition) is 1. The van der Waals surface area contributed by atoms with Crippen LogP contribution in [0.3, 0.4) is 0 Å². The van der Waals surface area contributed by atoms with E-state index in [1.54, 1.807) is 12.1 Å². The number of nitriles is 3. The lowest BCUT2D eigenvalue weighted by atomic mass is 9.58. The molecule has 1 heterocycles. The van der Waals surface area contributed by atoms with E-state index in [9.17, 15) is 15.8 Å². The number of halogens is 1. The molecule has 1 aromatic carbocycles. The van der Waals surface area contributed by atoms with Gasteiger partial charge in [-0.2, -0.15) is 15.8 Å². The molecule has 1 aliphatic carbocycles. The molecule has 0 amide bonds. The Hall–Kier alpha value is -2.78. The first-order chi connectivity index (χ1) is 12.0. The molecule has 1 aromatic rings. The van der Waals surface area contributed by atoms with Crippen molar-refractivity contribution in [1.82, 2.24) is 4.90 Å². The van der Waals surface area contributed by atoms with Crippen molar-refractivity contribution in [2.24, 2.45) is 17.1 Å². The Labute approximate surface area is 151 Å². The van der Waals surface area contributed by atoms with Gasteiger partial charge in [-0.25, -0.2) is 0 Å². The van der Waals surface area contributed by atoms with E-state index in [4.69, 9.17) is 17.3 Å². The Morgan fingerprint density at radius 2 is 1.84 bits per heavy atom. The molecule has 6 heteroatoms. The van der Waals surface area contributed by atoms with Gasteiger partial charge >= 0.3 is 0 Å². The Morgan fingerprint density at radius 3 is 2.40 bits per heavy atom. The van der Waals surface area contributed by atoms with Crippen LogP contribution in [0.25, 0.3) is 0 Å². The van der Waals surface area contributed by atoms with Gasteiger partial charge in [0, 0.05) is 29.9 Å². The Kier molecular flexibility index (Phi) is 4.27. The predicted octanol–water partition coefficient (Wildman–Crippen LogP) is 2.70. The molecule has 25 heavy (non-hydrogen) atoms. The number of hydrogen-bond acceptors (Lipinski definition) is 5. The standard InChI is InChI=1S/C19H16ClN5/c1-25-7-6-14-15(8-21)18(24)19(10-22,11-23)17(16(14)9-25)12-2-4-13(20)5-3-12/h2-6,16-17H,7,9,24H2,1H3/t16-,17-/m0/s1. The fraction of sp³-hybridized carbons (Fsp3) is 0.316. The molecular weight excluding hydrogens is 334 g/mol. The van der Waals surface area contributed by atoms with Gasteiger partial charge in [0.2, 0.25) is 0 Å². The first-order valence-corrected chi connectivity index (χ1v) is 8.23. The average Bonchev–Trinajstić information content (AvgIpc) is 2.62. The molecule has 0 aromatic heterocycles. The summed E-state index contributed by atoms with van der Waals surface area (Å²) in [6.07, 6.45) is 1.97. The van der Waals surface area contributed by atoms with E-state index in [1.165, 1.54) is 0 Å². The van der Waals surface area contributed by atoms with E-state index in [0.29, 0.717) is 18.1 Å². The van der Waals surface area contributed by atoms with Crippen molar-refractivity contribution in [2.45, 2.75) is 5.92 Å². The summed E-state index contributed by atoms with van der Waals surface area (Å²) in [5.41, 5.74) is 6.61.